The Morgan fingerprint density at radius 2 is 1.02 bits per heavy atom. The third kappa shape index (κ3) is 5.71. The van der Waals surface area contributed by atoms with E-state index in [1.807, 2.05) is 0 Å². The molecule has 0 amide bonds. The van der Waals surface area contributed by atoms with Crippen molar-refractivity contribution in [3.8, 4) is 22.3 Å². The molecule has 0 spiro atoms. The smallest absolute Gasteiger partial charge is 0.00878 e. The molecular formula is C48H38S. The van der Waals surface area contributed by atoms with Crippen LogP contribution < -0.4 is 0 Å². The van der Waals surface area contributed by atoms with Gasteiger partial charge in [-0.2, -0.15) is 10.5 Å². The molecule has 0 fully saturated rings. The Morgan fingerprint density at radius 3 is 1.61 bits per heavy atom. The Morgan fingerprint density at radius 1 is 0.490 bits per heavy atom. The summed E-state index contributed by atoms with van der Waals surface area (Å²) in [7, 11) is -0.0899. The van der Waals surface area contributed by atoms with Crippen LogP contribution in [0.25, 0.3) is 66.2 Å². The lowest BCUT2D eigenvalue weighted by Crippen LogP contribution is -1.94. The van der Waals surface area contributed by atoms with E-state index < -0.39 is 0 Å². The second-order valence-electron chi connectivity index (χ2n) is 13.1. The fourth-order valence-electron chi connectivity index (χ4n) is 7.33. The van der Waals surface area contributed by atoms with Crippen molar-refractivity contribution in [3.63, 3.8) is 0 Å². The first-order chi connectivity index (χ1) is 24.0. The Hall–Kier alpha value is -5.50. The molecule has 0 radical (unpaired) electrons. The van der Waals surface area contributed by atoms with Crippen LogP contribution in [0, 0.1) is 13.8 Å². The number of hydrogen-bond donors (Lipinski definition) is 0. The van der Waals surface area contributed by atoms with Crippen molar-refractivity contribution < 1.29 is 0 Å². The maximum atomic E-state index is 4.40. The summed E-state index contributed by atoms with van der Waals surface area (Å²) in [5, 5.41) is 7.69. The SMILES string of the molecule is C=S(C)c1ccc(-c2c3ccc(C)cc3c(-c3ccc(C=C(c4ccccc4)c4ccccc4)cc3)c3ccc(C)cc23)c2ccccc12. The van der Waals surface area contributed by atoms with Crippen LogP contribution in [0.4, 0.5) is 0 Å². The summed E-state index contributed by atoms with van der Waals surface area (Å²) >= 11 is 0. The van der Waals surface area contributed by atoms with E-state index in [9.17, 15) is 0 Å². The van der Waals surface area contributed by atoms with Gasteiger partial charge in [0, 0.05) is 4.90 Å². The zero-order valence-corrected chi connectivity index (χ0v) is 29.0. The van der Waals surface area contributed by atoms with Crippen molar-refractivity contribution in [2.75, 3.05) is 6.26 Å². The van der Waals surface area contributed by atoms with Crippen LogP contribution in [-0.2, 0) is 0 Å². The van der Waals surface area contributed by atoms with Gasteiger partial charge >= 0.3 is 0 Å². The molecule has 0 aliphatic heterocycles. The first kappa shape index (κ1) is 30.8. The van der Waals surface area contributed by atoms with Crippen molar-refractivity contribution in [2.45, 2.75) is 18.7 Å². The van der Waals surface area contributed by atoms with Crippen LogP contribution in [0.2, 0.25) is 0 Å². The van der Waals surface area contributed by atoms with E-state index in [4.69, 9.17) is 0 Å². The van der Waals surface area contributed by atoms with Gasteiger partial charge in [-0.15, -0.1) is 0 Å². The highest BCUT2D eigenvalue weighted by atomic mass is 32.2. The minimum Gasteiger partial charge on any atom is -0.165 e. The molecule has 0 heterocycles. The maximum Gasteiger partial charge on any atom is 0.00878 e. The lowest BCUT2D eigenvalue weighted by molar-refractivity contribution is 1.49. The highest BCUT2D eigenvalue weighted by Crippen LogP contribution is 2.47. The van der Waals surface area contributed by atoms with Crippen LogP contribution in [-0.4, -0.2) is 12.1 Å². The van der Waals surface area contributed by atoms with E-state index in [2.05, 4.69) is 190 Å². The van der Waals surface area contributed by atoms with Gasteiger partial charge in [-0.1, -0.05) is 169 Å². The molecule has 0 aliphatic rings. The third-order valence-electron chi connectivity index (χ3n) is 9.64. The highest BCUT2D eigenvalue weighted by Gasteiger charge is 2.19. The molecular weight excluding hydrogens is 609 g/mol. The standard InChI is InChI=1S/C48H38S/c1-32-20-26-42-44(29-32)47(37-23-21-34(22-24-37)31-43(35-13-7-5-8-14-35)36-15-9-6-10-16-36)41-25-19-33(2)30-45(41)48(42)40-27-28-46(49(3)4)39-18-12-11-17-38(39)40/h5-31H,3H2,1-2,4H3. The Balaban J connectivity index is 1.36. The van der Waals surface area contributed by atoms with Crippen molar-refractivity contribution in [2.24, 2.45) is 0 Å². The molecule has 1 heteroatoms. The number of rotatable bonds is 6. The van der Waals surface area contributed by atoms with Gasteiger partial charge in [-0.25, -0.2) is 0 Å². The first-order valence-corrected chi connectivity index (χ1v) is 18.6. The second kappa shape index (κ2) is 12.8. The zero-order chi connectivity index (χ0) is 33.5. The average Bonchev–Trinajstić information content (AvgIpc) is 3.13. The predicted octanol–water partition coefficient (Wildman–Crippen LogP) is 13.4. The van der Waals surface area contributed by atoms with Crippen molar-refractivity contribution in [3.05, 3.63) is 186 Å². The second-order valence-corrected chi connectivity index (χ2v) is 14.8. The quantitative estimate of drug-likeness (QED) is 0.0958. The van der Waals surface area contributed by atoms with Gasteiger partial charge < -0.3 is 0 Å². The Kier molecular flexibility index (Phi) is 8.07. The van der Waals surface area contributed by atoms with E-state index in [0.717, 1.165) is 0 Å². The minimum absolute atomic E-state index is 0.0899. The average molecular weight is 647 g/mol. The van der Waals surface area contributed by atoms with E-state index in [1.165, 1.54) is 92.9 Å². The fourth-order valence-corrected chi connectivity index (χ4v) is 8.19. The molecule has 1 unspecified atom stereocenters. The highest BCUT2D eigenvalue weighted by molar-refractivity contribution is 8.13. The van der Waals surface area contributed by atoms with Gasteiger partial charge in [-0.3, -0.25) is 0 Å². The van der Waals surface area contributed by atoms with Crippen LogP contribution >= 0.6 is 10.5 Å². The maximum absolute atomic E-state index is 4.40. The van der Waals surface area contributed by atoms with Gasteiger partial charge in [0.15, 0.2) is 0 Å². The molecule has 0 nitrogen and oxygen atoms in total. The van der Waals surface area contributed by atoms with Crippen LogP contribution in [0.3, 0.4) is 0 Å². The summed E-state index contributed by atoms with van der Waals surface area (Å²) in [5.41, 5.74) is 12.4. The van der Waals surface area contributed by atoms with Gasteiger partial charge in [0.25, 0.3) is 0 Å². The molecule has 49 heavy (non-hydrogen) atoms. The van der Waals surface area contributed by atoms with Crippen molar-refractivity contribution in [1.29, 1.82) is 0 Å². The largest absolute Gasteiger partial charge is 0.165 e. The molecule has 0 saturated heterocycles. The van der Waals surface area contributed by atoms with Gasteiger partial charge in [-0.05, 0) is 109 Å². The summed E-state index contributed by atoms with van der Waals surface area (Å²) in [6, 6.07) is 57.9. The zero-order valence-electron chi connectivity index (χ0n) is 28.2. The minimum atomic E-state index is -0.0899. The van der Waals surface area contributed by atoms with Crippen molar-refractivity contribution in [1.82, 2.24) is 0 Å². The van der Waals surface area contributed by atoms with Gasteiger partial charge in [0.1, 0.15) is 0 Å². The molecule has 0 bridgehead atoms. The molecule has 8 rings (SSSR count). The van der Waals surface area contributed by atoms with E-state index in [1.54, 1.807) is 0 Å². The molecule has 0 saturated carbocycles. The predicted molar refractivity (Wildman–Crippen MR) is 218 cm³/mol. The van der Waals surface area contributed by atoms with Crippen molar-refractivity contribution >= 4 is 60.3 Å². The normalized spacial score (nSPS) is 12.0. The number of aryl methyl sites for hydroxylation is 2. The number of fused-ring (bicyclic) bond motifs is 3. The lowest BCUT2D eigenvalue weighted by Gasteiger charge is -2.20. The number of hydrogen-bond acceptors (Lipinski definition) is 0. The summed E-state index contributed by atoms with van der Waals surface area (Å²) in [4.78, 5) is 1.31. The molecule has 8 aromatic carbocycles. The van der Waals surface area contributed by atoms with E-state index in [-0.39, 0.29) is 10.5 Å². The summed E-state index contributed by atoms with van der Waals surface area (Å²) in [6.45, 7) is 4.40. The molecule has 8 aromatic rings. The van der Waals surface area contributed by atoms with Crippen LogP contribution in [0.15, 0.2) is 163 Å². The molecule has 0 aliphatic carbocycles. The molecule has 1 atom stereocenters. The molecule has 0 aromatic heterocycles. The third-order valence-corrected chi connectivity index (χ3v) is 10.7. The Bertz CT molecular complexity index is 2510. The van der Waals surface area contributed by atoms with E-state index >= 15 is 0 Å². The monoisotopic (exact) mass is 646 g/mol. The van der Waals surface area contributed by atoms with Gasteiger partial charge in [0.2, 0.25) is 0 Å². The molecule has 0 N–H and O–H groups in total. The summed E-state index contributed by atoms with van der Waals surface area (Å²) in [6.07, 6.45) is 4.52. The Labute approximate surface area is 291 Å². The topological polar surface area (TPSA) is 0 Å². The summed E-state index contributed by atoms with van der Waals surface area (Å²) in [5.74, 6) is 4.40. The van der Waals surface area contributed by atoms with Crippen LogP contribution in [0.1, 0.15) is 27.8 Å². The van der Waals surface area contributed by atoms with Gasteiger partial charge in [0.05, 0.1) is 0 Å². The number of benzene rings is 8. The first-order valence-electron chi connectivity index (χ1n) is 16.8. The van der Waals surface area contributed by atoms with Crippen LogP contribution in [0.5, 0.6) is 0 Å². The fraction of sp³-hybridized carbons (Fsp3) is 0.0625. The molecule has 236 valence electrons. The lowest BCUT2D eigenvalue weighted by atomic mass is 9.83. The van der Waals surface area contributed by atoms with E-state index in [0.29, 0.717) is 0 Å². The summed E-state index contributed by atoms with van der Waals surface area (Å²) < 4.78 is 0.